The lowest BCUT2D eigenvalue weighted by atomic mass is 10.0. The van der Waals surface area contributed by atoms with Crippen LogP contribution < -0.4 is 0 Å². The molecular formula is C12H23N3O4. The van der Waals surface area contributed by atoms with E-state index in [9.17, 15) is 10.1 Å². The van der Waals surface area contributed by atoms with Gasteiger partial charge in [-0.1, -0.05) is 6.92 Å². The predicted molar refractivity (Wildman–Crippen MR) is 69.7 cm³/mol. The average Bonchev–Trinajstić information content (AvgIpc) is 2.46. The van der Waals surface area contributed by atoms with Crippen LogP contribution >= 0.6 is 0 Å². The quantitative estimate of drug-likeness (QED) is 0.520. The summed E-state index contributed by atoms with van der Waals surface area (Å²) < 4.78 is 10.6. The molecule has 0 saturated carbocycles. The van der Waals surface area contributed by atoms with Crippen molar-refractivity contribution in [3.8, 4) is 0 Å². The van der Waals surface area contributed by atoms with Crippen LogP contribution in [0, 0.1) is 10.1 Å². The zero-order valence-electron chi connectivity index (χ0n) is 11.5. The fourth-order valence-electron chi connectivity index (χ4n) is 2.83. The zero-order chi connectivity index (χ0) is 13.7. The number of ether oxygens (including phenoxy) is 2. The zero-order valence-corrected chi connectivity index (χ0v) is 11.5. The van der Waals surface area contributed by atoms with Crippen LogP contribution in [0.1, 0.15) is 13.3 Å². The maximum Gasteiger partial charge on any atom is 0.290 e. The Morgan fingerprint density at radius 2 is 1.63 bits per heavy atom. The lowest BCUT2D eigenvalue weighted by Crippen LogP contribution is -2.63. The summed E-state index contributed by atoms with van der Waals surface area (Å²) >= 11 is 0. The van der Waals surface area contributed by atoms with E-state index < -0.39 is 5.66 Å². The Labute approximate surface area is 113 Å². The van der Waals surface area contributed by atoms with Gasteiger partial charge >= 0.3 is 0 Å². The van der Waals surface area contributed by atoms with Crippen LogP contribution in [0.2, 0.25) is 0 Å². The van der Waals surface area contributed by atoms with Crippen molar-refractivity contribution in [2.45, 2.75) is 19.0 Å². The molecule has 0 aliphatic carbocycles. The molecule has 0 aromatic heterocycles. The number of nitro groups is 1. The molecule has 19 heavy (non-hydrogen) atoms. The first kappa shape index (κ1) is 14.6. The molecule has 2 heterocycles. The first-order valence-corrected chi connectivity index (χ1v) is 6.96. The molecule has 0 bridgehead atoms. The number of rotatable bonds is 5. The molecule has 0 spiro atoms. The van der Waals surface area contributed by atoms with Crippen molar-refractivity contribution in [2.75, 3.05) is 59.2 Å². The van der Waals surface area contributed by atoms with Crippen molar-refractivity contribution in [3.05, 3.63) is 10.1 Å². The number of nitrogens with zero attached hydrogens (tertiary/aromatic N) is 3. The van der Waals surface area contributed by atoms with Crippen molar-refractivity contribution in [3.63, 3.8) is 0 Å². The Balaban J connectivity index is 2.10. The third-order valence-electron chi connectivity index (χ3n) is 4.09. The summed E-state index contributed by atoms with van der Waals surface area (Å²) in [5.41, 5.74) is -0.985. The predicted octanol–water partition coefficient (Wildman–Crippen LogP) is 0.0338. The van der Waals surface area contributed by atoms with Crippen LogP contribution in [0.25, 0.3) is 0 Å². The minimum Gasteiger partial charge on any atom is -0.379 e. The number of morpholine rings is 2. The number of hydrogen-bond donors (Lipinski definition) is 0. The van der Waals surface area contributed by atoms with Gasteiger partial charge in [0.15, 0.2) is 0 Å². The molecule has 110 valence electrons. The third-order valence-corrected chi connectivity index (χ3v) is 4.09. The normalized spacial score (nSPS) is 25.9. The second-order valence-corrected chi connectivity index (χ2v) is 5.08. The van der Waals surface area contributed by atoms with Gasteiger partial charge in [0.05, 0.1) is 33.0 Å². The highest BCUT2D eigenvalue weighted by atomic mass is 16.6. The third kappa shape index (κ3) is 3.22. The molecule has 0 aromatic carbocycles. The van der Waals surface area contributed by atoms with Crippen LogP contribution in [-0.4, -0.2) is 79.5 Å². The van der Waals surface area contributed by atoms with Crippen molar-refractivity contribution < 1.29 is 14.4 Å². The highest BCUT2D eigenvalue weighted by molar-refractivity contribution is 4.85. The molecule has 2 aliphatic rings. The molecular weight excluding hydrogens is 250 g/mol. The minimum atomic E-state index is -0.985. The molecule has 0 amide bonds. The van der Waals surface area contributed by atoms with E-state index >= 15 is 0 Å². The van der Waals surface area contributed by atoms with Gasteiger partial charge in [0.25, 0.3) is 5.66 Å². The molecule has 0 radical (unpaired) electrons. The van der Waals surface area contributed by atoms with Gasteiger partial charge in [0.1, 0.15) is 0 Å². The molecule has 1 atom stereocenters. The maximum absolute atomic E-state index is 11.7. The van der Waals surface area contributed by atoms with Crippen LogP contribution in [0.15, 0.2) is 0 Å². The van der Waals surface area contributed by atoms with Gasteiger partial charge in [0.2, 0.25) is 0 Å². The summed E-state index contributed by atoms with van der Waals surface area (Å²) in [7, 11) is 0. The molecule has 1 unspecified atom stereocenters. The van der Waals surface area contributed by atoms with E-state index in [0.29, 0.717) is 52.5 Å². The topological polar surface area (TPSA) is 68.1 Å². The molecule has 7 heteroatoms. The Morgan fingerprint density at radius 1 is 1.11 bits per heavy atom. The standard InChI is InChI=1S/C12H23N3O4/c1-2-12(15(16)17,14-5-9-19-10-6-14)11-13-3-7-18-8-4-13/h2-11H2,1H3. The van der Waals surface area contributed by atoms with Gasteiger partial charge in [-0.3, -0.25) is 15.0 Å². The summed E-state index contributed by atoms with van der Waals surface area (Å²) in [6.45, 7) is 7.70. The van der Waals surface area contributed by atoms with Crippen molar-refractivity contribution in [1.29, 1.82) is 0 Å². The minimum absolute atomic E-state index is 0.103. The van der Waals surface area contributed by atoms with Crippen LogP contribution in [0.3, 0.4) is 0 Å². The second kappa shape index (κ2) is 6.60. The fraction of sp³-hybridized carbons (Fsp3) is 1.00. The lowest BCUT2D eigenvalue weighted by Gasteiger charge is -2.41. The first-order valence-electron chi connectivity index (χ1n) is 6.96. The SMILES string of the molecule is CCC(CN1CCOCC1)(N1CCOCC1)[N+](=O)[O-]. The van der Waals surface area contributed by atoms with Gasteiger partial charge in [0, 0.05) is 37.5 Å². The summed E-state index contributed by atoms with van der Waals surface area (Å²) in [5.74, 6) is 0. The Hall–Kier alpha value is -0.760. The van der Waals surface area contributed by atoms with Gasteiger partial charge in [-0.2, -0.15) is 0 Å². The van der Waals surface area contributed by atoms with E-state index in [0.717, 1.165) is 13.1 Å². The fourth-order valence-corrected chi connectivity index (χ4v) is 2.83. The Morgan fingerprint density at radius 3 is 2.11 bits per heavy atom. The van der Waals surface area contributed by atoms with E-state index in [1.54, 1.807) is 0 Å². The molecule has 7 nitrogen and oxygen atoms in total. The van der Waals surface area contributed by atoms with Crippen molar-refractivity contribution >= 4 is 0 Å². The summed E-state index contributed by atoms with van der Waals surface area (Å²) in [6.07, 6.45) is 0.511. The molecule has 0 N–H and O–H groups in total. The summed E-state index contributed by atoms with van der Waals surface area (Å²) in [4.78, 5) is 15.7. The maximum atomic E-state index is 11.7. The van der Waals surface area contributed by atoms with Crippen LogP contribution in [0.4, 0.5) is 0 Å². The van der Waals surface area contributed by atoms with Gasteiger partial charge < -0.3 is 9.47 Å². The molecule has 2 rings (SSSR count). The smallest absolute Gasteiger partial charge is 0.290 e. The Kier molecular flexibility index (Phi) is 5.09. The molecule has 0 aromatic rings. The van der Waals surface area contributed by atoms with Crippen LogP contribution in [0.5, 0.6) is 0 Å². The van der Waals surface area contributed by atoms with Crippen molar-refractivity contribution in [1.82, 2.24) is 9.80 Å². The second-order valence-electron chi connectivity index (χ2n) is 5.08. The monoisotopic (exact) mass is 273 g/mol. The first-order chi connectivity index (χ1) is 9.19. The number of hydrogen-bond acceptors (Lipinski definition) is 6. The Bertz CT molecular complexity index is 303. The molecule has 2 saturated heterocycles. The van der Waals surface area contributed by atoms with E-state index in [2.05, 4.69) is 4.90 Å². The highest BCUT2D eigenvalue weighted by Gasteiger charge is 2.48. The lowest BCUT2D eigenvalue weighted by molar-refractivity contribution is -0.604. The van der Waals surface area contributed by atoms with E-state index in [1.807, 2.05) is 11.8 Å². The largest absolute Gasteiger partial charge is 0.379 e. The van der Waals surface area contributed by atoms with Gasteiger partial charge in [-0.25, -0.2) is 4.90 Å². The van der Waals surface area contributed by atoms with Crippen LogP contribution in [-0.2, 0) is 9.47 Å². The van der Waals surface area contributed by atoms with E-state index in [-0.39, 0.29) is 4.92 Å². The molecule has 2 aliphatic heterocycles. The van der Waals surface area contributed by atoms with Gasteiger partial charge in [-0.05, 0) is 0 Å². The van der Waals surface area contributed by atoms with Crippen molar-refractivity contribution in [2.24, 2.45) is 0 Å². The van der Waals surface area contributed by atoms with Gasteiger partial charge in [-0.15, -0.1) is 0 Å². The molecule has 2 fully saturated rings. The summed E-state index contributed by atoms with van der Waals surface area (Å²) in [5, 5.41) is 11.7. The van der Waals surface area contributed by atoms with E-state index in [1.165, 1.54) is 0 Å². The summed E-state index contributed by atoms with van der Waals surface area (Å²) in [6, 6.07) is 0. The highest BCUT2D eigenvalue weighted by Crippen LogP contribution is 2.24. The van der Waals surface area contributed by atoms with E-state index in [4.69, 9.17) is 9.47 Å². The average molecular weight is 273 g/mol.